The molecule has 1 N–H and O–H groups in total. The zero-order chi connectivity index (χ0) is 15.9. The molecule has 1 aliphatic heterocycles. The van der Waals surface area contributed by atoms with Crippen molar-refractivity contribution in [2.45, 2.75) is 32.1 Å². The quantitative estimate of drug-likeness (QED) is 0.494. The number of carbonyl (C=O) groups excluding carboxylic acids is 1. The molecular formula is C15H20ClN3O3. The van der Waals surface area contributed by atoms with Crippen LogP contribution >= 0.6 is 11.6 Å². The third-order valence-electron chi connectivity index (χ3n) is 3.75. The molecular weight excluding hydrogens is 306 g/mol. The van der Waals surface area contributed by atoms with Gasteiger partial charge in [-0.3, -0.25) is 14.9 Å². The van der Waals surface area contributed by atoms with E-state index in [0.717, 1.165) is 32.2 Å². The Morgan fingerprint density at radius 2 is 2.14 bits per heavy atom. The molecule has 2 rings (SSSR count). The minimum absolute atomic E-state index is 0.0293. The highest BCUT2D eigenvalue weighted by Gasteiger charge is 2.16. The standard InChI is InChI=1S/C15H20ClN3O3/c16-12-6-7-13(14(11-12)19(21)22)17-8-4-10-18-9-3-1-2-5-15(18)20/h6-7,11,17H,1-5,8-10H2. The smallest absolute Gasteiger partial charge is 0.293 e. The molecule has 0 bridgehead atoms. The van der Waals surface area contributed by atoms with E-state index in [2.05, 4.69) is 5.32 Å². The average molecular weight is 326 g/mol. The lowest BCUT2D eigenvalue weighted by molar-refractivity contribution is -0.383. The van der Waals surface area contributed by atoms with Gasteiger partial charge in [0.05, 0.1) is 4.92 Å². The number of nitro groups is 1. The van der Waals surface area contributed by atoms with Crippen LogP contribution in [0.2, 0.25) is 5.02 Å². The number of likely N-dealkylation sites (tertiary alicyclic amines) is 1. The van der Waals surface area contributed by atoms with E-state index in [1.807, 2.05) is 4.90 Å². The Kier molecular flexibility index (Phi) is 6.00. The van der Waals surface area contributed by atoms with Crippen molar-refractivity contribution in [1.82, 2.24) is 4.90 Å². The number of hydrogen-bond acceptors (Lipinski definition) is 4. The number of rotatable bonds is 6. The Morgan fingerprint density at radius 1 is 1.32 bits per heavy atom. The molecule has 1 saturated heterocycles. The Balaban J connectivity index is 1.83. The number of hydrogen-bond donors (Lipinski definition) is 1. The van der Waals surface area contributed by atoms with Crippen LogP contribution in [0.15, 0.2) is 18.2 Å². The van der Waals surface area contributed by atoms with E-state index < -0.39 is 4.92 Å². The molecule has 1 fully saturated rings. The van der Waals surface area contributed by atoms with Gasteiger partial charge in [-0.25, -0.2) is 0 Å². The predicted octanol–water partition coefficient (Wildman–Crippen LogP) is 3.45. The fourth-order valence-corrected chi connectivity index (χ4v) is 2.74. The molecule has 0 radical (unpaired) electrons. The van der Waals surface area contributed by atoms with Gasteiger partial charge in [-0.15, -0.1) is 0 Å². The Labute approximate surface area is 134 Å². The SMILES string of the molecule is O=C1CCCCCN1CCCNc1ccc(Cl)cc1[N+](=O)[O-]. The van der Waals surface area contributed by atoms with E-state index >= 15 is 0 Å². The van der Waals surface area contributed by atoms with Crippen molar-refractivity contribution in [2.75, 3.05) is 25.0 Å². The number of benzene rings is 1. The number of nitro benzene ring substituents is 1. The van der Waals surface area contributed by atoms with E-state index in [0.29, 0.717) is 30.2 Å². The van der Waals surface area contributed by atoms with Crippen LogP contribution in [-0.2, 0) is 4.79 Å². The van der Waals surface area contributed by atoms with Gasteiger partial charge >= 0.3 is 0 Å². The number of halogens is 1. The first kappa shape index (κ1) is 16.5. The first-order valence-corrected chi connectivity index (χ1v) is 7.91. The summed E-state index contributed by atoms with van der Waals surface area (Å²) in [7, 11) is 0. The Hall–Kier alpha value is -1.82. The molecule has 6 nitrogen and oxygen atoms in total. The fourth-order valence-electron chi connectivity index (χ4n) is 2.57. The summed E-state index contributed by atoms with van der Waals surface area (Å²) in [5.41, 5.74) is 0.426. The van der Waals surface area contributed by atoms with Crippen molar-refractivity contribution in [1.29, 1.82) is 0 Å². The molecule has 1 amide bonds. The van der Waals surface area contributed by atoms with Crippen molar-refractivity contribution in [2.24, 2.45) is 0 Å². The highest BCUT2D eigenvalue weighted by Crippen LogP contribution is 2.27. The maximum atomic E-state index is 11.9. The first-order valence-electron chi connectivity index (χ1n) is 7.53. The van der Waals surface area contributed by atoms with Gasteiger partial charge in [0.25, 0.3) is 5.69 Å². The maximum absolute atomic E-state index is 11.9. The van der Waals surface area contributed by atoms with Gasteiger partial charge in [-0.2, -0.15) is 0 Å². The zero-order valence-electron chi connectivity index (χ0n) is 12.4. The normalized spacial score (nSPS) is 15.5. The van der Waals surface area contributed by atoms with Crippen LogP contribution in [0, 0.1) is 10.1 Å². The Morgan fingerprint density at radius 3 is 2.91 bits per heavy atom. The molecule has 0 unspecified atom stereocenters. The molecule has 22 heavy (non-hydrogen) atoms. The van der Waals surface area contributed by atoms with E-state index in [1.165, 1.54) is 6.07 Å². The monoisotopic (exact) mass is 325 g/mol. The molecule has 120 valence electrons. The van der Waals surface area contributed by atoms with E-state index in [-0.39, 0.29) is 11.6 Å². The summed E-state index contributed by atoms with van der Waals surface area (Å²) >= 11 is 5.78. The predicted molar refractivity (Wildman–Crippen MR) is 86.3 cm³/mol. The summed E-state index contributed by atoms with van der Waals surface area (Å²) in [4.78, 5) is 24.3. The Bertz CT molecular complexity index is 551. The van der Waals surface area contributed by atoms with Gasteiger partial charge < -0.3 is 10.2 Å². The summed E-state index contributed by atoms with van der Waals surface area (Å²) in [5.74, 6) is 0.218. The molecule has 0 saturated carbocycles. The number of carbonyl (C=O) groups is 1. The van der Waals surface area contributed by atoms with Gasteiger partial charge in [0, 0.05) is 37.1 Å². The molecule has 0 aliphatic carbocycles. The lowest BCUT2D eigenvalue weighted by Gasteiger charge is -2.20. The van der Waals surface area contributed by atoms with Gasteiger partial charge in [0.2, 0.25) is 5.91 Å². The minimum atomic E-state index is -0.452. The third kappa shape index (κ3) is 4.59. The molecule has 0 atom stereocenters. The van der Waals surface area contributed by atoms with Gasteiger partial charge in [-0.1, -0.05) is 18.0 Å². The van der Waals surface area contributed by atoms with Crippen molar-refractivity contribution < 1.29 is 9.72 Å². The first-order chi connectivity index (χ1) is 10.6. The van der Waals surface area contributed by atoms with Crippen molar-refractivity contribution in [3.05, 3.63) is 33.3 Å². The maximum Gasteiger partial charge on any atom is 0.293 e. The van der Waals surface area contributed by atoms with Crippen LogP contribution in [0.1, 0.15) is 32.1 Å². The highest BCUT2D eigenvalue weighted by atomic mass is 35.5. The van der Waals surface area contributed by atoms with Crippen LogP contribution in [0.25, 0.3) is 0 Å². The summed E-state index contributed by atoms with van der Waals surface area (Å²) in [6.07, 6.45) is 4.53. The van der Waals surface area contributed by atoms with Gasteiger partial charge in [0.1, 0.15) is 5.69 Å². The van der Waals surface area contributed by atoms with Gasteiger partial charge in [-0.05, 0) is 31.4 Å². The summed E-state index contributed by atoms with van der Waals surface area (Å²) in [6, 6.07) is 4.56. The molecule has 1 aliphatic rings. The second-order valence-corrected chi connectivity index (χ2v) is 5.83. The summed E-state index contributed by atoms with van der Waals surface area (Å²) in [5, 5.41) is 14.4. The molecule has 1 aromatic carbocycles. The number of amides is 1. The van der Waals surface area contributed by atoms with Crippen LogP contribution in [-0.4, -0.2) is 35.4 Å². The van der Waals surface area contributed by atoms with Crippen molar-refractivity contribution >= 4 is 28.9 Å². The largest absolute Gasteiger partial charge is 0.379 e. The number of nitrogens with zero attached hydrogens (tertiary/aromatic N) is 2. The second kappa shape index (κ2) is 7.98. The minimum Gasteiger partial charge on any atom is -0.379 e. The molecule has 1 heterocycles. The van der Waals surface area contributed by atoms with E-state index in [4.69, 9.17) is 11.6 Å². The second-order valence-electron chi connectivity index (χ2n) is 5.39. The fraction of sp³-hybridized carbons (Fsp3) is 0.533. The summed E-state index contributed by atoms with van der Waals surface area (Å²) < 4.78 is 0. The number of anilines is 1. The topological polar surface area (TPSA) is 75.5 Å². The van der Waals surface area contributed by atoms with Crippen LogP contribution in [0.5, 0.6) is 0 Å². The highest BCUT2D eigenvalue weighted by molar-refractivity contribution is 6.30. The summed E-state index contributed by atoms with van der Waals surface area (Å²) in [6.45, 7) is 2.08. The lowest BCUT2D eigenvalue weighted by atomic mass is 10.2. The molecule has 1 aromatic rings. The van der Waals surface area contributed by atoms with Crippen molar-refractivity contribution in [3.63, 3.8) is 0 Å². The zero-order valence-corrected chi connectivity index (χ0v) is 13.1. The lowest BCUT2D eigenvalue weighted by Crippen LogP contribution is -2.32. The molecule has 7 heteroatoms. The van der Waals surface area contributed by atoms with Crippen molar-refractivity contribution in [3.8, 4) is 0 Å². The van der Waals surface area contributed by atoms with Crippen LogP contribution in [0.3, 0.4) is 0 Å². The van der Waals surface area contributed by atoms with Crippen LogP contribution in [0.4, 0.5) is 11.4 Å². The average Bonchev–Trinajstić information content (AvgIpc) is 2.69. The van der Waals surface area contributed by atoms with E-state index in [1.54, 1.807) is 12.1 Å². The van der Waals surface area contributed by atoms with Gasteiger partial charge in [0.15, 0.2) is 0 Å². The molecule has 0 spiro atoms. The number of nitrogens with one attached hydrogen (secondary N) is 1. The van der Waals surface area contributed by atoms with E-state index in [9.17, 15) is 14.9 Å². The molecule has 0 aromatic heterocycles. The van der Waals surface area contributed by atoms with Crippen LogP contribution < -0.4 is 5.32 Å². The third-order valence-corrected chi connectivity index (χ3v) is 3.98.